The molecule has 0 unspecified atom stereocenters. The number of hydrogen-bond donors (Lipinski definition) is 1. The molecule has 0 saturated heterocycles. The zero-order valence-corrected chi connectivity index (χ0v) is 20.9. The molecule has 0 fully saturated rings. The van der Waals surface area contributed by atoms with Gasteiger partial charge in [-0.25, -0.2) is 0 Å². The summed E-state index contributed by atoms with van der Waals surface area (Å²) in [7, 11) is 0. The van der Waals surface area contributed by atoms with Crippen LogP contribution in [-0.2, 0) is 16.8 Å². The Morgan fingerprint density at radius 2 is 1.84 bits per heavy atom. The number of hydrogen-bond acceptors (Lipinski definition) is 4. The maximum absolute atomic E-state index is 12.6. The second-order valence-electron chi connectivity index (χ2n) is 8.42. The molecule has 1 aromatic heterocycles. The highest BCUT2D eigenvalue weighted by atomic mass is 35.5. The monoisotopic (exact) mass is 488 g/mol. The summed E-state index contributed by atoms with van der Waals surface area (Å²) in [6.45, 7) is 12.8. The van der Waals surface area contributed by atoms with Gasteiger partial charge in [0, 0.05) is 12.1 Å². The number of anilines is 1. The van der Waals surface area contributed by atoms with E-state index in [1.165, 1.54) is 17.3 Å². The molecule has 1 N–H and O–H groups in total. The van der Waals surface area contributed by atoms with Gasteiger partial charge in [0.15, 0.2) is 11.0 Å². The first kappa shape index (κ1) is 24.4. The molecule has 1 heterocycles. The minimum Gasteiger partial charge on any atom is -0.323 e. The first-order valence-corrected chi connectivity index (χ1v) is 11.9. The largest absolute Gasteiger partial charge is 0.323 e. The average molecular weight is 489 g/mol. The van der Waals surface area contributed by atoms with Gasteiger partial charge in [-0.15, -0.1) is 16.8 Å². The van der Waals surface area contributed by atoms with Crippen molar-refractivity contribution in [2.45, 2.75) is 44.8 Å². The van der Waals surface area contributed by atoms with Gasteiger partial charge in [0.25, 0.3) is 0 Å². The number of rotatable bonds is 7. The highest BCUT2D eigenvalue weighted by Gasteiger charge is 2.18. The van der Waals surface area contributed by atoms with Crippen LogP contribution in [-0.4, -0.2) is 26.4 Å². The Hall–Kier alpha value is -2.28. The molecule has 0 saturated carbocycles. The predicted molar refractivity (Wildman–Crippen MR) is 135 cm³/mol. The number of allylic oxidation sites excluding steroid dienone is 1. The lowest BCUT2D eigenvalue weighted by molar-refractivity contribution is -0.113. The Bertz CT molecular complexity index is 1130. The van der Waals surface area contributed by atoms with Crippen molar-refractivity contribution in [3.8, 4) is 11.4 Å². The Balaban J connectivity index is 1.77. The summed E-state index contributed by atoms with van der Waals surface area (Å²) in [5.41, 5.74) is 3.54. The smallest absolute Gasteiger partial charge is 0.234 e. The highest BCUT2D eigenvalue weighted by Crippen LogP contribution is 2.33. The van der Waals surface area contributed by atoms with Crippen LogP contribution in [0, 0.1) is 6.92 Å². The normalized spacial score (nSPS) is 11.4. The summed E-state index contributed by atoms with van der Waals surface area (Å²) in [6.07, 6.45) is 1.78. The molecule has 0 bridgehead atoms. The Morgan fingerprint density at radius 1 is 1.16 bits per heavy atom. The van der Waals surface area contributed by atoms with Crippen LogP contribution < -0.4 is 5.32 Å². The van der Waals surface area contributed by atoms with Crippen LogP contribution in [0.4, 0.5) is 5.69 Å². The van der Waals surface area contributed by atoms with Gasteiger partial charge in [-0.05, 0) is 29.5 Å². The number of carbonyl (C=O) groups is 1. The van der Waals surface area contributed by atoms with E-state index in [1.54, 1.807) is 12.1 Å². The molecule has 0 aliphatic carbocycles. The number of carbonyl (C=O) groups excluding carboxylic acids is 1. The second-order valence-corrected chi connectivity index (χ2v) is 10.2. The summed E-state index contributed by atoms with van der Waals surface area (Å²) in [5, 5.41) is 12.9. The number of nitrogens with zero attached hydrogens (tertiary/aromatic N) is 3. The molecule has 0 spiro atoms. The average Bonchev–Trinajstić information content (AvgIpc) is 3.15. The van der Waals surface area contributed by atoms with E-state index < -0.39 is 0 Å². The fraction of sp³-hybridized carbons (Fsp3) is 0.292. The van der Waals surface area contributed by atoms with E-state index >= 15 is 0 Å². The first-order valence-electron chi connectivity index (χ1n) is 10.1. The maximum atomic E-state index is 12.6. The summed E-state index contributed by atoms with van der Waals surface area (Å²) >= 11 is 13.8. The zero-order chi connectivity index (χ0) is 23.5. The van der Waals surface area contributed by atoms with E-state index in [1.807, 2.05) is 29.7 Å². The molecule has 32 heavy (non-hydrogen) atoms. The van der Waals surface area contributed by atoms with Crippen molar-refractivity contribution in [1.29, 1.82) is 0 Å². The maximum Gasteiger partial charge on any atom is 0.234 e. The van der Waals surface area contributed by atoms with Gasteiger partial charge >= 0.3 is 0 Å². The van der Waals surface area contributed by atoms with E-state index in [9.17, 15) is 4.79 Å². The van der Waals surface area contributed by atoms with Gasteiger partial charge in [-0.1, -0.05) is 92.1 Å². The molecule has 0 atom stereocenters. The summed E-state index contributed by atoms with van der Waals surface area (Å²) in [4.78, 5) is 12.6. The van der Waals surface area contributed by atoms with Crippen LogP contribution in [0.25, 0.3) is 11.4 Å². The van der Waals surface area contributed by atoms with Crippen LogP contribution in [0.3, 0.4) is 0 Å². The van der Waals surface area contributed by atoms with E-state index in [0.29, 0.717) is 27.4 Å². The number of benzene rings is 2. The van der Waals surface area contributed by atoms with Gasteiger partial charge in [0.2, 0.25) is 5.91 Å². The number of nitrogens with one attached hydrogen (secondary N) is 1. The van der Waals surface area contributed by atoms with Crippen LogP contribution in [0.2, 0.25) is 10.0 Å². The van der Waals surface area contributed by atoms with Gasteiger partial charge < -0.3 is 5.32 Å². The number of aromatic nitrogens is 3. The SMILES string of the molecule is C=CCn1c(SCC(=O)Nc2c(Cl)ccc(C)c2Cl)nnc1-c1ccc(C(C)(C)C)cc1. The van der Waals surface area contributed by atoms with Gasteiger partial charge in [-0.3, -0.25) is 9.36 Å². The van der Waals surface area contributed by atoms with E-state index in [-0.39, 0.29) is 17.1 Å². The first-order chi connectivity index (χ1) is 15.1. The third-order valence-electron chi connectivity index (χ3n) is 4.92. The topological polar surface area (TPSA) is 59.8 Å². The fourth-order valence-corrected chi connectivity index (χ4v) is 4.31. The molecule has 3 rings (SSSR count). The van der Waals surface area contributed by atoms with Crippen molar-refractivity contribution in [3.63, 3.8) is 0 Å². The fourth-order valence-electron chi connectivity index (χ4n) is 3.10. The van der Waals surface area contributed by atoms with Crippen molar-refractivity contribution < 1.29 is 4.79 Å². The molecule has 0 aliphatic heterocycles. The van der Waals surface area contributed by atoms with Crippen molar-refractivity contribution in [3.05, 3.63) is 70.2 Å². The quantitative estimate of drug-likeness (QED) is 0.294. The van der Waals surface area contributed by atoms with E-state index in [0.717, 1.165) is 17.0 Å². The molecule has 2 aromatic carbocycles. The predicted octanol–water partition coefficient (Wildman–Crippen LogP) is 6.77. The molecular weight excluding hydrogens is 463 g/mol. The molecule has 0 aliphatic rings. The lowest BCUT2D eigenvalue weighted by Gasteiger charge is -2.19. The molecule has 5 nitrogen and oxygen atoms in total. The van der Waals surface area contributed by atoms with Crippen molar-refractivity contribution in [1.82, 2.24) is 14.8 Å². The van der Waals surface area contributed by atoms with Gasteiger partial charge in [0.05, 0.1) is 21.5 Å². The van der Waals surface area contributed by atoms with Crippen LogP contribution >= 0.6 is 35.0 Å². The van der Waals surface area contributed by atoms with Crippen molar-refractivity contribution >= 4 is 46.6 Å². The van der Waals surface area contributed by atoms with Gasteiger partial charge in [-0.2, -0.15) is 0 Å². The van der Waals surface area contributed by atoms with Gasteiger partial charge in [0.1, 0.15) is 0 Å². The van der Waals surface area contributed by atoms with Crippen LogP contribution in [0.1, 0.15) is 31.9 Å². The second kappa shape index (κ2) is 10.1. The van der Waals surface area contributed by atoms with Crippen LogP contribution in [0.15, 0.2) is 54.2 Å². The standard InChI is InChI=1S/C24H26Cl2N4OS/c1-6-13-30-22(16-8-10-17(11-9-16)24(3,4)5)28-29-23(30)32-14-19(31)27-21-18(25)12-7-15(2)20(21)26/h6-12H,1,13-14H2,2-5H3,(H,27,31). The van der Waals surface area contributed by atoms with Crippen molar-refractivity contribution in [2.75, 3.05) is 11.1 Å². The molecule has 168 valence electrons. The number of amides is 1. The Labute approximate surface area is 203 Å². The highest BCUT2D eigenvalue weighted by molar-refractivity contribution is 7.99. The summed E-state index contributed by atoms with van der Waals surface area (Å²) < 4.78 is 1.95. The summed E-state index contributed by atoms with van der Waals surface area (Å²) in [5.74, 6) is 0.644. The molecule has 1 amide bonds. The minimum absolute atomic E-state index is 0.0742. The third kappa shape index (κ3) is 5.55. The number of aryl methyl sites for hydroxylation is 1. The number of thioether (sulfide) groups is 1. The molecule has 8 heteroatoms. The van der Waals surface area contributed by atoms with E-state index in [2.05, 4.69) is 55.0 Å². The number of halogens is 2. The Kier molecular flexibility index (Phi) is 7.70. The summed E-state index contributed by atoms with van der Waals surface area (Å²) in [6, 6.07) is 11.8. The van der Waals surface area contributed by atoms with E-state index in [4.69, 9.17) is 23.2 Å². The lowest BCUT2D eigenvalue weighted by atomic mass is 9.87. The molecule has 3 aromatic rings. The lowest BCUT2D eigenvalue weighted by Crippen LogP contribution is -2.15. The minimum atomic E-state index is -0.228. The third-order valence-corrected chi connectivity index (χ3v) is 6.69. The molecular formula is C24H26Cl2N4OS. The zero-order valence-electron chi connectivity index (χ0n) is 18.6. The molecule has 0 radical (unpaired) electrons. The van der Waals surface area contributed by atoms with Crippen LogP contribution in [0.5, 0.6) is 0 Å². The Morgan fingerprint density at radius 3 is 2.47 bits per heavy atom. The van der Waals surface area contributed by atoms with Crippen molar-refractivity contribution in [2.24, 2.45) is 0 Å².